The second-order valence-corrected chi connectivity index (χ2v) is 6.86. The molecule has 0 spiro atoms. The van der Waals surface area contributed by atoms with Crippen molar-refractivity contribution in [2.45, 2.75) is 32.6 Å². The Bertz CT molecular complexity index is 995. The van der Waals surface area contributed by atoms with Crippen LogP contribution < -0.4 is 10.6 Å². The third-order valence-electron chi connectivity index (χ3n) is 5.04. The quantitative estimate of drug-likeness (QED) is 0.710. The first-order valence-corrected chi connectivity index (χ1v) is 9.48. The highest BCUT2D eigenvalue weighted by atomic mass is 16.1. The first-order valence-electron chi connectivity index (χ1n) is 9.48. The Balaban J connectivity index is 1.88. The number of anilines is 2. The van der Waals surface area contributed by atoms with Gasteiger partial charge in [0, 0.05) is 24.9 Å². The van der Waals surface area contributed by atoms with Gasteiger partial charge in [0.15, 0.2) is 11.6 Å². The van der Waals surface area contributed by atoms with Crippen LogP contribution in [0.5, 0.6) is 0 Å². The van der Waals surface area contributed by atoms with Crippen LogP contribution in [0.15, 0.2) is 36.5 Å². The summed E-state index contributed by atoms with van der Waals surface area (Å²) < 4.78 is 0. The number of carbonyl (C=O) groups is 1. The zero-order valence-electron chi connectivity index (χ0n) is 15.5. The molecule has 1 aromatic carbocycles. The monoisotopic (exact) mass is 361 g/mol. The molecule has 6 nitrogen and oxygen atoms in total. The van der Waals surface area contributed by atoms with Crippen molar-refractivity contribution in [3.8, 4) is 11.4 Å². The third-order valence-corrected chi connectivity index (χ3v) is 5.04. The van der Waals surface area contributed by atoms with Crippen molar-refractivity contribution in [2.75, 3.05) is 23.7 Å². The number of hydrogen-bond acceptors (Lipinski definition) is 6. The van der Waals surface area contributed by atoms with Gasteiger partial charge in [-0.05, 0) is 30.7 Å². The summed E-state index contributed by atoms with van der Waals surface area (Å²) in [4.78, 5) is 28.2. The molecule has 0 bridgehead atoms. The number of aromatic nitrogens is 3. The molecule has 1 aliphatic rings. The van der Waals surface area contributed by atoms with Crippen molar-refractivity contribution >= 4 is 28.2 Å². The van der Waals surface area contributed by atoms with E-state index in [0.717, 1.165) is 35.4 Å². The van der Waals surface area contributed by atoms with Gasteiger partial charge in [0.05, 0.1) is 6.20 Å². The Morgan fingerprint density at radius 2 is 1.93 bits per heavy atom. The average Bonchev–Trinajstić information content (AvgIpc) is 2.73. The lowest BCUT2D eigenvalue weighted by Crippen LogP contribution is -2.30. The van der Waals surface area contributed by atoms with Crippen LogP contribution in [0.1, 0.15) is 43.1 Å². The third kappa shape index (κ3) is 3.35. The fraction of sp³-hybridized carbons (Fsp3) is 0.333. The zero-order chi connectivity index (χ0) is 18.8. The van der Waals surface area contributed by atoms with E-state index in [0.29, 0.717) is 12.1 Å². The molecule has 2 aromatic heterocycles. The van der Waals surface area contributed by atoms with E-state index < -0.39 is 0 Å². The van der Waals surface area contributed by atoms with Crippen molar-refractivity contribution in [3.63, 3.8) is 0 Å². The van der Waals surface area contributed by atoms with Crippen molar-refractivity contribution in [1.82, 2.24) is 15.0 Å². The minimum absolute atomic E-state index is 0.113. The van der Waals surface area contributed by atoms with Crippen molar-refractivity contribution in [1.29, 1.82) is 0 Å². The summed E-state index contributed by atoms with van der Waals surface area (Å²) in [5.74, 6) is 1.01. The highest BCUT2D eigenvalue weighted by Crippen LogP contribution is 2.31. The maximum absolute atomic E-state index is 12.2. The molecule has 3 aromatic rings. The zero-order valence-corrected chi connectivity index (χ0v) is 15.5. The number of nitrogens with zero attached hydrogens (tertiary/aromatic N) is 4. The van der Waals surface area contributed by atoms with E-state index in [2.05, 4.69) is 27.0 Å². The molecule has 0 saturated carbocycles. The summed E-state index contributed by atoms with van der Waals surface area (Å²) in [5.41, 5.74) is 7.43. The molecule has 0 aliphatic carbocycles. The van der Waals surface area contributed by atoms with Gasteiger partial charge in [0.25, 0.3) is 0 Å². The number of pyridine rings is 1. The van der Waals surface area contributed by atoms with E-state index in [-0.39, 0.29) is 17.3 Å². The minimum atomic E-state index is -0.113. The van der Waals surface area contributed by atoms with Gasteiger partial charge in [-0.2, -0.15) is 0 Å². The molecule has 27 heavy (non-hydrogen) atoms. The fourth-order valence-corrected chi connectivity index (χ4v) is 3.55. The van der Waals surface area contributed by atoms with Crippen LogP contribution in [0.2, 0.25) is 0 Å². The normalized spacial score (nSPS) is 14.5. The number of piperidine rings is 1. The standard InChI is InChI=1S/C21H23N5O/c1-2-17(27)20-21(22)23-13-16(24-20)19-15-9-5-4-8-14(15)12-18(25-19)26-10-6-3-7-11-26/h4-5,8-9,12-13H,2-3,6-7,10-11H2,1H3,(H2,22,23). The number of rotatable bonds is 4. The lowest BCUT2D eigenvalue weighted by molar-refractivity contribution is 0.0984. The molecular formula is C21H23N5O. The van der Waals surface area contributed by atoms with Crippen LogP contribution in [0.3, 0.4) is 0 Å². The second kappa shape index (κ2) is 7.31. The average molecular weight is 361 g/mol. The number of ketones is 1. The highest BCUT2D eigenvalue weighted by molar-refractivity contribution is 5.99. The van der Waals surface area contributed by atoms with E-state index in [4.69, 9.17) is 10.7 Å². The molecule has 0 amide bonds. The van der Waals surface area contributed by atoms with Crippen molar-refractivity contribution in [2.24, 2.45) is 0 Å². The second-order valence-electron chi connectivity index (χ2n) is 6.86. The molecule has 0 unspecified atom stereocenters. The predicted molar refractivity (Wildman–Crippen MR) is 108 cm³/mol. The summed E-state index contributed by atoms with van der Waals surface area (Å²) in [7, 11) is 0. The SMILES string of the molecule is CCC(=O)c1nc(-c2nc(N3CCCCC3)cc3ccccc23)cnc1N. The van der Waals surface area contributed by atoms with Crippen LogP contribution in [0.25, 0.3) is 22.2 Å². The number of hydrogen-bond donors (Lipinski definition) is 1. The number of nitrogens with two attached hydrogens (primary N) is 1. The molecule has 1 fully saturated rings. The predicted octanol–water partition coefficient (Wildman–Crippen LogP) is 3.86. The molecule has 3 heterocycles. The Labute approximate surface area is 158 Å². The van der Waals surface area contributed by atoms with Crippen LogP contribution in [0.4, 0.5) is 11.6 Å². The van der Waals surface area contributed by atoms with Crippen molar-refractivity contribution < 1.29 is 4.79 Å². The molecule has 2 N–H and O–H groups in total. The minimum Gasteiger partial charge on any atom is -0.382 e. The number of nitrogen functional groups attached to an aromatic ring is 1. The van der Waals surface area contributed by atoms with Crippen molar-refractivity contribution in [3.05, 3.63) is 42.2 Å². The number of fused-ring (bicyclic) bond motifs is 1. The Hall–Kier alpha value is -3.02. The molecule has 0 atom stereocenters. The van der Waals surface area contributed by atoms with E-state index in [9.17, 15) is 4.79 Å². The summed E-state index contributed by atoms with van der Waals surface area (Å²) in [6, 6.07) is 10.2. The Morgan fingerprint density at radius 3 is 2.70 bits per heavy atom. The molecule has 1 aliphatic heterocycles. The van der Waals surface area contributed by atoms with E-state index in [1.807, 2.05) is 18.2 Å². The van der Waals surface area contributed by atoms with Gasteiger partial charge >= 0.3 is 0 Å². The fourth-order valence-electron chi connectivity index (χ4n) is 3.55. The Morgan fingerprint density at radius 1 is 1.15 bits per heavy atom. The highest BCUT2D eigenvalue weighted by Gasteiger charge is 2.18. The smallest absolute Gasteiger partial charge is 0.184 e. The maximum atomic E-state index is 12.2. The van der Waals surface area contributed by atoms with Gasteiger partial charge in [-0.3, -0.25) is 4.79 Å². The summed E-state index contributed by atoms with van der Waals surface area (Å²) in [6.45, 7) is 3.82. The Kier molecular flexibility index (Phi) is 4.71. The lowest BCUT2D eigenvalue weighted by atomic mass is 10.1. The van der Waals surface area contributed by atoms with Gasteiger partial charge in [0.1, 0.15) is 22.9 Å². The van der Waals surface area contributed by atoms with E-state index in [1.54, 1.807) is 13.1 Å². The van der Waals surface area contributed by atoms with Crippen LogP contribution in [-0.4, -0.2) is 33.8 Å². The number of carbonyl (C=O) groups excluding carboxylic acids is 1. The van der Waals surface area contributed by atoms with Gasteiger partial charge in [0.2, 0.25) is 0 Å². The number of benzene rings is 1. The molecule has 138 valence electrons. The number of Topliss-reactive ketones (excluding diaryl/α,β-unsaturated/α-hetero) is 1. The van der Waals surface area contributed by atoms with Crippen LogP contribution in [0, 0.1) is 0 Å². The summed E-state index contributed by atoms with van der Waals surface area (Å²) >= 11 is 0. The van der Waals surface area contributed by atoms with E-state index in [1.165, 1.54) is 19.3 Å². The maximum Gasteiger partial charge on any atom is 0.184 e. The first-order chi connectivity index (χ1) is 13.2. The van der Waals surface area contributed by atoms with Gasteiger partial charge in [-0.1, -0.05) is 31.2 Å². The van der Waals surface area contributed by atoms with E-state index >= 15 is 0 Å². The molecule has 1 saturated heterocycles. The van der Waals surface area contributed by atoms with Crippen LogP contribution >= 0.6 is 0 Å². The molecule has 4 rings (SSSR count). The molecule has 0 radical (unpaired) electrons. The molecule has 6 heteroatoms. The lowest BCUT2D eigenvalue weighted by Gasteiger charge is -2.28. The van der Waals surface area contributed by atoms with Gasteiger partial charge in [-0.25, -0.2) is 15.0 Å². The van der Waals surface area contributed by atoms with Crippen LogP contribution in [-0.2, 0) is 0 Å². The first kappa shape index (κ1) is 17.4. The summed E-state index contributed by atoms with van der Waals surface area (Å²) in [6.07, 6.45) is 5.57. The topological polar surface area (TPSA) is 85.0 Å². The summed E-state index contributed by atoms with van der Waals surface area (Å²) in [5, 5.41) is 2.09. The van der Waals surface area contributed by atoms with Gasteiger partial charge < -0.3 is 10.6 Å². The molecular weight excluding hydrogens is 338 g/mol. The van der Waals surface area contributed by atoms with Gasteiger partial charge in [-0.15, -0.1) is 0 Å². The largest absolute Gasteiger partial charge is 0.382 e.